The van der Waals surface area contributed by atoms with Gasteiger partial charge in [-0.1, -0.05) is 6.07 Å². The van der Waals surface area contributed by atoms with Gasteiger partial charge in [0.05, 0.1) is 13.3 Å². The van der Waals surface area contributed by atoms with E-state index in [2.05, 4.69) is 10.4 Å². The van der Waals surface area contributed by atoms with Crippen LogP contribution in [0.4, 0.5) is 10.1 Å². The fourth-order valence-electron chi connectivity index (χ4n) is 1.74. The summed E-state index contributed by atoms with van der Waals surface area (Å²) < 4.78 is 17.7. The number of hydrogen-bond acceptors (Lipinski definition) is 5. The quantitative estimate of drug-likeness (QED) is 0.450. The maximum atomic E-state index is 12.8. The molecule has 0 aliphatic heterocycles. The van der Waals surface area contributed by atoms with Crippen molar-refractivity contribution in [1.82, 2.24) is 5.43 Å². The molecule has 2 aromatic rings. The summed E-state index contributed by atoms with van der Waals surface area (Å²) >= 11 is 0. The Kier molecular flexibility index (Phi) is 5.45. The fraction of sp³-hybridized carbons (Fsp3) is 0.0625. The van der Waals surface area contributed by atoms with Crippen molar-refractivity contribution in [2.45, 2.75) is 0 Å². The van der Waals surface area contributed by atoms with E-state index in [1.165, 1.54) is 25.5 Å². The average Bonchev–Trinajstić information content (AvgIpc) is 2.58. The highest BCUT2D eigenvalue weighted by Gasteiger charge is 2.13. The molecule has 0 aliphatic rings. The van der Waals surface area contributed by atoms with Gasteiger partial charge in [-0.25, -0.2) is 9.82 Å². The maximum Gasteiger partial charge on any atom is 0.329 e. The number of hydrazone groups is 1. The van der Waals surface area contributed by atoms with Crippen molar-refractivity contribution in [3.05, 3.63) is 53.8 Å². The summed E-state index contributed by atoms with van der Waals surface area (Å²) in [7, 11) is 1.40. The number of carbonyl (C=O) groups is 2. The van der Waals surface area contributed by atoms with Crippen LogP contribution in [0.2, 0.25) is 0 Å². The highest BCUT2D eigenvalue weighted by Crippen LogP contribution is 2.27. The molecule has 2 rings (SSSR count). The lowest BCUT2D eigenvalue weighted by atomic mass is 10.2. The Morgan fingerprint density at radius 2 is 1.88 bits per heavy atom. The smallest absolute Gasteiger partial charge is 0.329 e. The van der Waals surface area contributed by atoms with E-state index in [0.717, 1.165) is 12.1 Å². The first kappa shape index (κ1) is 16.9. The first-order valence-corrected chi connectivity index (χ1v) is 6.77. The first-order valence-electron chi connectivity index (χ1n) is 6.77. The second-order valence-electron chi connectivity index (χ2n) is 4.56. The van der Waals surface area contributed by atoms with E-state index in [0.29, 0.717) is 5.56 Å². The molecule has 0 aliphatic carbocycles. The van der Waals surface area contributed by atoms with E-state index in [-0.39, 0.29) is 17.2 Å². The number of nitrogens with one attached hydrogen (secondary N) is 2. The van der Waals surface area contributed by atoms with Crippen LogP contribution in [0.3, 0.4) is 0 Å². The van der Waals surface area contributed by atoms with Crippen LogP contribution in [-0.4, -0.2) is 30.2 Å². The lowest BCUT2D eigenvalue weighted by molar-refractivity contribution is -0.136. The summed E-state index contributed by atoms with van der Waals surface area (Å²) in [4.78, 5) is 23.3. The molecule has 8 heteroatoms. The largest absolute Gasteiger partial charge is 0.504 e. The minimum absolute atomic E-state index is 0.145. The number of aromatic hydroxyl groups is 1. The third-order valence-corrected chi connectivity index (χ3v) is 2.93. The van der Waals surface area contributed by atoms with Crippen molar-refractivity contribution in [3.8, 4) is 11.5 Å². The van der Waals surface area contributed by atoms with E-state index in [9.17, 15) is 19.1 Å². The summed E-state index contributed by atoms with van der Waals surface area (Å²) in [6.07, 6.45) is 1.17. The Bertz CT molecular complexity index is 775. The van der Waals surface area contributed by atoms with Gasteiger partial charge in [-0.2, -0.15) is 5.10 Å². The van der Waals surface area contributed by atoms with Gasteiger partial charge in [0.15, 0.2) is 11.5 Å². The Morgan fingerprint density at radius 1 is 1.17 bits per heavy atom. The molecule has 0 saturated carbocycles. The van der Waals surface area contributed by atoms with Gasteiger partial charge in [0.2, 0.25) is 0 Å². The fourth-order valence-corrected chi connectivity index (χ4v) is 1.74. The Labute approximate surface area is 136 Å². The predicted molar refractivity (Wildman–Crippen MR) is 85.4 cm³/mol. The molecule has 124 valence electrons. The van der Waals surface area contributed by atoms with Crippen LogP contribution in [0.1, 0.15) is 5.56 Å². The number of anilines is 1. The van der Waals surface area contributed by atoms with E-state index in [4.69, 9.17) is 4.74 Å². The molecule has 7 nitrogen and oxygen atoms in total. The predicted octanol–water partition coefficient (Wildman–Crippen LogP) is 1.63. The number of ether oxygens (including phenoxy) is 1. The van der Waals surface area contributed by atoms with E-state index >= 15 is 0 Å². The van der Waals surface area contributed by atoms with Crippen LogP contribution in [0, 0.1) is 5.82 Å². The molecule has 3 N–H and O–H groups in total. The Morgan fingerprint density at radius 3 is 2.54 bits per heavy atom. The summed E-state index contributed by atoms with van der Waals surface area (Å²) in [5.74, 6) is -2.33. The molecule has 0 bridgehead atoms. The van der Waals surface area contributed by atoms with Crippen molar-refractivity contribution in [1.29, 1.82) is 0 Å². The zero-order valence-electron chi connectivity index (χ0n) is 12.6. The molecule has 2 aromatic carbocycles. The number of carbonyl (C=O) groups excluding carboxylic acids is 2. The van der Waals surface area contributed by atoms with Crippen molar-refractivity contribution >= 4 is 23.7 Å². The van der Waals surface area contributed by atoms with Crippen LogP contribution in [-0.2, 0) is 9.59 Å². The molecule has 0 saturated heterocycles. The number of amides is 2. The number of para-hydroxylation sites is 1. The van der Waals surface area contributed by atoms with E-state index in [1.54, 1.807) is 18.2 Å². The van der Waals surface area contributed by atoms with Crippen LogP contribution in [0.5, 0.6) is 11.5 Å². The number of nitrogens with zero attached hydrogens (tertiary/aromatic N) is 1. The van der Waals surface area contributed by atoms with Crippen LogP contribution in [0.15, 0.2) is 47.6 Å². The minimum Gasteiger partial charge on any atom is -0.504 e. The molecule has 0 radical (unpaired) electrons. The molecular formula is C16H14FN3O4. The first-order chi connectivity index (χ1) is 11.5. The number of benzene rings is 2. The number of phenolic OH excluding ortho intramolecular Hbond substituents is 1. The molecule has 0 aromatic heterocycles. The number of phenols is 1. The lowest BCUT2D eigenvalue weighted by Crippen LogP contribution is -2.32. The maximum absolute atomic E-state index is 12.8. The highest BCUT2D eigenvalue weighted by atomic mass is 19.1. The summed E-state index contributed by atoms with van der Waals surface area (Å²) in [6, 6.07) is 9.67. The monoisotopic (exact) mass is 331 g/mol. The molecule has 0 heterocycles. The Balaban J connectivity index is 1.95. The summed E-state index contributed by atoms with van der Waals surface area (Å²) in [5.41, 5.74) is 2.59. The topological polar surface area (TPSA) is 100 Å². The second kappa shape index (κ2) is 7.73. The zero-order chi connectivity index (χ0) is 17.5. The van der Waals surface area contributed by atoms with Crippen molar-refractivity contribution < 1.29 is 23.8 Å². The van der Waals surface area contributed by atoms with Crippen molar-refractivity contribution in [2.75, 3.05) is 12.4 Å². The zero-order valence-corrected chi connectivity index (χ0v) is 12.6. The second-order valence-corrected chi connectivity index (χ2v) is 4.56. The lowest BCUT2D eigenvalue weighted by Gasteiger charge is -2.05. The SMILES string of the molecule is COc1cccc(C=NNC(=O)C(=O)Nc2ccc(F)cc2)c1O. The number of rotatable bonds is 4. The van der Waals surface area contributed by atoms with Crippen LogP contribution >= 0.6 is 0 Å². The summed E-state index contributed by atoms with van der Waals surface area (Å²) in [5, 5.41) is 15.7. The van der Waals surface area contributed by atoms with Crippen LogP contribution in [0.25, 0.3) is 0 Å². The van der Waals surface area contributed by atoms with Gasteiger partial charge < -0.3 is 15.2 Å². The molecule has 0 spiro atoms. The average molecular weight is 331 g/mol. The van der Waals surface area contributed by atoms with E-state index < -0.39 is 17.6 Å². The van der Waals surface area contributed by atoms with E-state index in [1.807, 2.05) is 5.43 Å². The molecule has 0 atom stereocenters. The summed E-state index contributed by atoms with van der Waals surface area (Å²) in [6.45, 7) is 0. The van der Waals surface area contributed by atoms with Gasteiger partial charge >= 0.3 is 11.8 Å². The number of hydrogen-bond donors (Lipinski definition) is 3. The van der Waals surface area contributed by atoms with Crippen LogP contribution < -0.4 is 15.5 Å². The molecule has 0 fully saturated rings. The highest BCUT2D eigenvalue weighted by molar-refractivity contribution is 6.39. The molecular weight excluding hydrogens is 317 g/mol. The number of halogens is 1. The van der Waals surface area contributed by atoms with Gasteiger partial charge in [-0.05, 0) is 36.4 Å². The van der Waals surface area contributed by atoms with Gasteiger partial charge in [0.1, 0.15) is 5.82 Å². The third-order valence-electron chi connectivity index (χ3n) is 2.93. The minimum atomic E-state index is -1.02. The normalized spacial score (nSPS) is 10.4. The van der Waals surface area contributed by atoms with Gasteiger partial charge in [0.25, 0.3) is 0 Å². The molecule has 2 amide bonds. The van der Waals surface area contributed by atoms with Crippen molar-refractivity contribution in [3.63, 3.8) is 0 Å². The van der Waals surface area contributed by atoms with Gasteiger partial charge in [-0.3, -0.25) is 9.59 Å². The standard InChI is InChI=1S/C16H14FN3O4/c1-24-13-4-2-3-10(14(13)21)9-18-20-16(23)15(22)19-12-7-5-11(17)6-8-12/h2-9,21H,1H3,(H,19,22)(H,20,23). The molecule has 0 unspecified atom stereocenters. The van der Waals surface area contributed by atoms with Gasteiger partial charge in [0, 0.05) is 11.3 Å². The third kappa shape index (κ3) is 4.29. The van der Waals surface area contributed by atoms with Crippen molar-refractivity contribution in [2.24, 2.45) is 5.10 Å². The number of methoxy groups -OCH3 is 1. The Hall–Kier alpha value is -3.42. The van der Waals surface area contributed by atoms with Gasteiger partial charge in [-0.15, -0.1) is 0 Å². The molecule has 24 heavy (non-hydrogen) atoms.